The summed E-state index contributed by atoms with van der Waals surface area (Å²) in [5.74, 6) is 1.09. The van der Waals surface area contributed by atoms with Crippen molar-refractivity contribution in [3.8, 4) is 0 Å². The van der Waals surface area contributed by atoms with Crippen molar-refractivity contribution in [1.29, 1.82) is 0 Å². The van der Waals surface area contributed by atoms with Gasteiger partial charge in [0.15, 0.2) is 9.84 Å². The molecule has 4 nitrogen and oxygen atoms in total. The number of alkyl halides is 1. The van der Waals surface area contributed by atoms with E-state index in [1.54, 1.807) is 13.0 Å². The van der Waals surface area contributed by atoms with Crippen LogP contribution in [0.4, 0.5) is 4.39 Å². The normalized spacial score (nSPS) is 21.2. The minimum atomic E-state index is -2.91. The van der Waals surface area contributed by atoms with Gasteiger partial charge in [-0.05, 0) is 30.9 Å². The highest BCUT2D eigenvalue weighted by molar-refractivity contribution is 7.91. The molecule has 1 saturated heterocycles. The zero-order chi connectivity index (χ0) is 15.2. The third kappa shape index (κ3) is 2.79. The van der Waals surface area contributed by atoms with Gasteiger partial charge < -0.3 is 4.57 Å². The molecule has 2 aromatic rings. The maximum atomic E-state index is 13.6. The lowest BCUT2D eigenvalue weighted by Gasteiger charge is -2.12. The number of halogens is 2. The van der Waals surface area contributed by atoms with Crippen LogP contribution in [0.25, 0.3) is 11.0 Å². The van der Waals surface area contributed by atoms with Crippen LogP contribution in [0.3, 0.4) is 0 Å². The Hall–Kier alpha value is -1.14. The van der Waals surface area contributed by atoms with Crippen LogP contribution in [-0.2, 0) is 22.3 Å². The number of aryl methyl sites for hydroxylation is 1. The summed E-state index contributed by atoms with van der Waals surface area (Å²) in [5, 5.41) is 0. The van der Waals surface area contributed by atoms with E-state index in [0.717, 1.165) is 5.52 Å². The Labute approximate surface area is 127 Å². The summed E-state index contributed by atoms with van der Waals surface area (Å²) in [6.45, 7) is 2.26. The summed E-state index contributed by atoms with van der Waals surface area (Å²) < 4.78 is 38.7. The maximum absolute atomic E-state index is 13.6. The van der Waals surface area contributed by atoms with E-state index in [0.29, 0.717) is 29.9 Å². The zero-order valence-corrected chi connectivity index (χ0v) is 13.2. The van der Waals surface area contributed by atoms with Crippen molar-refractivity contribution in [2.45, 2.75) is 25.8 Å². The largest absolute Gasteiger partial charge is 0.327 e. The molecule has 21 heavy (non-hydrogen) atoms. The summed E-state index contributed by atoms with van der Waals surface area (Å²) >= 11 is 5.93. The summed E-state index contributed by atoms with van der Waals surface area (Å²) in [7, 11) is -2.91. The van der Waals surface area contributed by atoms with Crippen molar-refractivity contribution >= 4 is 32.5 Å². The Balaban J connectivity index is 2.02. The summed E-state index contributed by atoms with van der Waals surface area (Å²) in [6, 6.07) is 3.15. The van der Waals surface area contributed by atoms with Crippen molar-refractivity contribution in [3.05, 3.63) is 29.3 Å². The smallest absolute Gasteiger partial charge is 0.150 e. The van der Waals surface area contributed by atoms with Crippen LogP contribution in [0.5, 0.6) is 0 Å². The van der Waals surface area contributed by atoms with Gasteiger partial charge in [-0.15, -0.1) is 11.6 Å². The van der Waals surface area contributed by atoms with Crippen LogP contribution in [0.15, 0.2) is 12.1 Å². The molecule has 114 valence electrons. The summed E-state index contributed by atoms with van der Waals surface area (Å²) in [4.78, 5) is 4.35. The summed E-state index contributed by atoms with van der Waals surface area (Å²) in [5.41, 5.74) is 1.92. The van der Waals surface area contributed by atoms with Crippen LogP contribution in [0.1, 0.15) is 17.8 Å². The first kappa shape index (κ1) is 14.8. The molecule has 2 heterocycles. The lowest BCUT2D eigenvalue weighted by atomic mass is 10.1. The molecule has 0 radical (unpaired) electrons. The molecule has 0 aliphatic carbocycles. The molecular formula is C14H16ClFN2O2S. The number of nitrogens with zero attached hydrogens (tertiary/aromatic N) is 2. The molecule has 0 saturated carbocycles. The molecule has 0 amide bonds. The molecule has 1 unspecified atom stereocenters. The third-order valence-electron chi connectivity index (χ3n) is 3.99. The minimum Gasteiger partial charge on any atom is -0.327 e. The topological polar surface area (TPSA) is 52.0 Å². The highest BCUT2D eigenvalue weighted by Crippen LogP contribution is 2.26. The van der Waals surface area contributed by atoms with Gasteiger partial charge in [-0.2, -0.15) is 0 Å². The molecule has 0 spiro atoms. The number of benzene rings is 1. The van der Waals surface area contributed by atoms with Crippen molar-refractivity contribution in [3.63, 3.8) is 0 Å². The van der Waals surface area contributed by atoms with Gasteiger partial charge in [0.1, 0.15) is 11.6 Å². The molecule has 1 aromatic heterocycles. The predicted octanol–water partition coefficient (Wildman–Crippen LogP) is 2.66. The van der Waals surface area contributed by atoms with Crippen LogP contribution in [0, 0.1) is 18.7 Å². The molecule has 0 N–H and O–H groups in total. The molecule has 1 aromatic carbocycles. The molecule has 1 atom stereocenters. The van der Waals surface area contributed by atoms with E-state index < -0.39 is 9.84 Å². The Morgan fingerprint density at radius 1 is 1.48 bits per heavy atom. The van der Waals surface area contributed by atoms with E-state index in [1.807, 2.05) is 4.57 Å². The lowest BCUT2D eigenvalue weighted by Crippen LogP contribution is -2.14. The third-order valence-corrected chi connectivity index (χ3v) is 6.07. The fourth-order valence-electron chi connectivity index (χ4n) is 2.88. The lowest BCUT2D eigenvalue weighted by molar-refractivity contribution is 0.490. The second-order valence-corrected chi connectivity index (χ2v) is 8.13. The second-order valence-electron chi connectivity index (χ2n) is 5.63. The SMILES string of the molecule is Cc1cc2c(cc1F)nc(CCl)n2CC1CCS(=O)(=O)C1. The zero-order valence-electron chi connectivity index (χ0n) is 11.6. The van der Waals surface area contributed by atoms with Gasteiger partial charge in [0.25, 0.3) is 0 Å². The standard InChI is InChI=1S/C14H16ClFN2O2S/c1-9-4-13-12(5-11(9)16)17-14(6-15)18(13)7-10-2-3-21(19,20)8-10/h4-5,10H,2-3,6-8H2,1H3. The molecular weight excluding hydrogens is 315 g/mol. The van der Waals surface area contributed by atoms with E-state index in [-0.39, 0.29) is 29.1 Å². The van der Waals surface area contributed by atoms with E-state index in [2.05, 4.69) is 4.98 Å². The van der Waals surface area contributed by atoms with Gasteiger partial charge >= 0.3 is 0 Å². The van der Waals surface area contributed by atoms with E-state index in [1.165, 1.54) is 6.07 Å². The fourth-order valence-corrected chi connectivity index (χ4v) is 4.93. The van der Waals surface area contributed by atoms with Crippen molar-refractivity contribution in [2.24, 2.45) is 5.92 Å². The van der Waals surface area contributed by atoms with Gasteiger partial charge in [-0.25, -0.2) is 17.8 Å². The number of aromatic nitrogens is 2. The average molecular weight is 331 g/mol. The monoisotopic (exact) mass is 330 g/mol. The van der Waals surface area contributed by atoms with Gasteiger partial charge in [0.2, 0.25) is 0 Å². The molecule has 1 aliphatic heterocycles. The first-order valence-electron chi connectivity index (χ1n) is 6.81. The molecule has 3 rings (SSSR count). The number of rotatable bonds is 3. The Bertz CT molecular complexity index is 801. The van der Waals surface area contributed by atoms with E-state index in [4.69, 9.17) is 11.6 Å². The number of fused-ring (bicyclic) bond motifs is 1. The first-order chi connectivity index (χ1) is 9.89. The second kappa shape index (κ2) is 5.25. The van der Waals surface area contributed by atoms with Gasteiger partial charge in [0, 0.05) is 12.6 Å². The number of sulfone groups is 1. The van der Waals surface area contributed by atoms with E-state index >= 15 is 0 Å². The van der Waals surface area contributed by atoms with Crippen LogP contribution in [0.2, 0.25) is 0 Å². The first-order valence-corrected chi connectivity index (χ1v) is 9.17. The number of hydrogen-bond donors (Lipinski definition) is 0. The van der Waals surface area contributed by atoms with Crippen molar-refractivity contribution in [2.75, 3.05) is 11.5 Å². The minimum absolute atomic E-state index is 0.0692. The average Bonchev–Trinajstić information content (AvgIpc) is 2.92. The molecule has 0 bridgehead atoms. The number of hydrogen-bond acceptors (Lipinski definition) is 3. The van der Waals surface area contributed by atoms with E-state index in [9.17, 15) is 12.8 Å². The van der Waals surface area contributed by atoms with Crippen LogP contribution < -0.4 is 0 Å². The molecule has 7 heteroatoms. The van der Waals surface area contributed by atoms with Gasteiger partial charge in [-0.1, -0.05) is 0 Å². The van der Waals surface area contributed by atoms with Crippen LogP contribution >= 0.6 is 11.6 Å². The number of imidazole rings is 1. The fraction of sp³-hybridized carbons (Fsp3) is 0.500. The Morgan fingerprint density at radius 3 is 2.86 bits per heavy atom. The molecule has 1 aliphatic rings. The van der Waals surface area contributed by atoms with Crippen LogP contribution in [-0.4, -0.2) is 29.5 Å². The van der Waals surface area contributed by atoms with Gasteiger partial charge in [-0.3, -0.25) is 0 Å². The molecule has 1 fully saturated rings. The predicted molar refractivity (Wildman–Crippen MR) is 80.7 cm³/mol. The quantitative estimate of drug-likeness (QED) is 0.813. The van der Waals surface area contributed by atoms with Gasteiger partial charge in [0.05, 0.1) is 28.4 Å². The van der Waals surface area contributed by atoms with Crippen molar-refractivity contribution in [1.82, 2.24) is 9.55 Å². The highest BCUT2D eigenvalue weighted by atomic mass is 35.5. The maximum Gasteiger partial charge on any atom is 0.150 e. The van der Waals surface area contributed by atoms with Crippen molar-refractivity contribution < 1.29 is 12.8 Å². The summed E-state index contributed by atoms with van der Waals surface area (Å²) in [6.07, 6.45) is 0.657. The Morgan fingerprint density at radius 2 is 2.24 bits per heavy atom. The highest BCUT2D eigenvalue weighted by Gasteiger charge is 2.29. The Kier molecular flexibility index (Phi) is 3.69.